The molecule has 0 fully saturated rings. The van der Waals surface area contributed by atoms with Crippen molar-refractivity contribution in [1.82, 2.24) is 9.55 Å². The lowest BCUT2D eigenvalue weighted by atomic mass is 10.1. The van der Waals surface area contributed by atoms with Crippen LogP contribution < -0.4 is 25.2 Å². The van der Waals surface area contributed by atoms with E-state index in [0.717, 1.165) is 43.1 Å². The molecule has 0 amide bonds. The Morgan fingerprint density at radius 2 is 1.42 bits per heavy atom. The number of ether oxygens (including phenoxy) is 3. The quantitative estimate of drug-likeness (QED) is 0.0380. The molecular weight excluding hydrogens is 758 g/mol. The Labute approximate surface area is 320 Å². The van der Waals surface area contributed by atoms with E-state index in [2.05, 4.69) is 11.9 Å². The van der Waals surface area contributed by atoms with Gasteiger partial charge in [-0.25, -0.2) is 14.3 Å². The molecule has 2 unspecified atom stereocenters. The summed E-state index contributed by atoms with van der Waals surface area (Å²) in [4.78, 5) is 64.3. The summed E-state index contributed by atoms with van der Waals surface area (Å²) in [6.07, 6.45) is 9.35. The predicted molar refractivity (Wildman–Crippen MR) is 196 cm³/mol. The Morgan fingerprint density at radius 3 is 1.98 bits per heavy atom. The Morgan fingerprint density at radius 1 is 0.873 bits per heavy atom. The second-order valence-electron chi connectivity index (χ2n) is 12.7. The van der Waals surface area contributed by atoms with E-state index in [0.29, 0.717) is 35.5 Å². The molecule has 1 aliphatic rings. The van der Waals surface area contributed by atoms with Gasteiger partial charge in [0.1, 0.15) is 30.8 Å². The first-order valence-corrected chi connectivity index (χ1v) is 21.0. The zero-order chi connectivity index (χ0) is 39.8. The Kier molecular flexibility index (Phi) is 17.1. The number of phosphoric acid groups is 2. The Bertz CT molecular complexity index is 1840. The van der Waals surface area contributed by atoms with E-state index in [-0.39, 0.29) is 23.9 Å². The van der Waals surface area contributed by atoms with E-state index in [1.54, 1.807) is 24.3 Å². The average Bonchev–Trinajstić information content (AvgIpc) is 3.63. The molecule has 16 nitrogen and oxygen atoms in total. The Hall–Kier alpha value is -3.82. The maximum absolute atomic E-state index is 13.9. The van der Waals surface area contributed by atoms with Crippen molar-refractivity contribution in [3.63, 3.8) is 0 Å². The molecule has 0 saturated carbocycles. The van der Waals surface area contributed by atoms with Gasteiger partial charge in [-0.15, -0.1) is 0 Å². The van der Waals surface area contributed by atoms with Crippen LogP contribution in [0.15, 0.2) is 71.7 Å². The van der Waals surface area contributed by atoms with Gasteiger partial charge in [0.05, 0.1) is 6.61 Å². The van der Waals surface area contributed by atoms with Gasteiger partial charge in [-0.2, -0.15) is 9.05 Å². The van der Waals surface area contributed by atoms with E-state index in [9.17, 15) is 33.8 Å². The Balaban J connectivity index is 1.37. The third kappa shape index (κ3) is 15.0. The molecule has 4 rings (SSSR count). The summed E-state index contributed by atoms with van der Waals surface area (Å²) in [5.41, 5.74) is 0.247. The van der Waals surface area contributed by atoms with Crippen LogP contribution in [0.3, 0.4) is 0 Å². The molecule has 18 heteroatoms. The van der Waals surface area contributed by atoms with E-state index in [1.807, 2.05) is 6.92 Å². The monoisotopic (exact) mass is 805 g/mol. The first-order valence-electron chi connectivity index (χ1n) is 18.1. The minimum Gasteiger partial charge on any atom is -0.858 e. The van der Waals surface area contributed by atoms with Crippen molar-refractivity contribution in [1.29, 1.82) is 0 Å². The highest BCUT2D eigenvalue weighted by Crippen LogP contribution is 2.67. The fourth-order valence-electron chi connectivity index (χ4n) is 5.05. The van der Waals surface area contributed by atoms with Gasteiger partial charge in [-0.3, -0.25) is 18.7 Å². The largest absolute Gasteiger partial charge is 0.858 e. The number of esters is 2. The zero-order valence-corrected chi connectivity index (χ0v) is 32.8. The number of carbonyl (C=O) groups is 2. The summed E-state index contributed by atoms with van der Waals surface area (Å²) in [5, 5.41) is 11.7. The maximum Gasteiger partial charge on any atom is 0.510 e. The predicted octanol–water partition coefficient (Wildman–Crippen LogP) is 6.05. The molecule has 0 spiro atoms. The number of aryl methyl sites for hydroxylation is 1. The van der Waals surface area contributed by atoms with Crippen molar-refractivity contribution in [2.75, 3.05) is 6.61 Å². The zero-order valence-electron chi connectivity index (χ0n) is 31.0. The van der Waals surface area contributed by atoms with Crippen LogP contribution in [-0.4, -0.2) is 39.1 Å². The van der Waals surface area contributed by atoms with Gasteiger partial charge in [0.25, 0.3) is 0 Å². The van der Waals surface area contributed by atoms with Crippen molar-refractivity contribution in [3.8, 4) is 17.4 Å². The van der Waals surface area contributed by atoms with Gasteiger partial charge in [0.15, 0.2) is 6.23 Å². The van der Waals surface area contributed by atoms with Crippen molar-refractivity contribution >= 4 is 27.9 Å². The molecular formula is C37H47N2O14P2-. The molecule has 300 valence electrons. The van der Waals surface area contributed by atoms with Gasteiger partial charge in [-0.05, 0) is 72.7 Å². The number of hydrogen-bond donors (Lipinski definition) is 1. The van der Waals surface area contributed by atoms with Gasteiger partial charge < -0.3 is 29.1 Å². The highest BCUT2D eigenvalue weighted by atomic mass is 31.3. The smallest absolute Gasteiger partial charge is 0.510 e. The fourth-order valence-corrected chi connectivity index (χ4v) is 7.65. The molecule has 3 aromatic rings. The van der Waals surface area contributed by atoms with Crippen LogP contribution in [0, 0.1) is 6.92 Å². The number of phosphoric ester groups is 2. The summed E-state index contributed by atoms with van der Waals surface area (Å²) in [7, 11) is -10.0. The molecule has 2 heterocycles. The number of hydrogen-bond acceptors (Lipinski definition) is 14. The standard InChI is InChI=1S/C37H48N2O14P2/c1-4-6-8-9-10-12-35(41)52-31-19-15-29(16-20-31)25-49-55(46,48-24-28-13-17-30(18-14-28)51-34(40)11-7-5-2)53-54(44,45)47-26-32-21-22-33(50-32)39-23-27(3)36(42)38-37(39)43/h13-23,32-33H,4-12,24-26H2,1-3H3,(H,44,45)(H,38,42,43)/p-1/t32-,33+,55?/m0/s1. The van der Waals surface area contributed by atoms with Crippen molar-refractivity contribution < 1.29 is 61.1 Å². The summed E-state index contributed by atoms with van der Waals surface area (Å²) in [6.45, 7) is 4.17. The minimum absolute atomic E-state index is 0.213. The highest BCUT2D eigenvalue weighted by molar-refractivity contribution is 7.64. The molecule has 0 aliphatic carbocycles. The summed E-state index contributed by atoms with van der Waals surface area (Å²) in [5.74, 6) is -0.820. The van der Waals surface area contributed by atoms with Gasteiger partial charge >= 0.3 is 33.6 Å². The first kappa shape index (κ1) is 43.9. The molecule has 1 aliphatic heterocycles. The minimum atomic E-state index is -5.16. The van der Waals surface area contributed by atoms with Crippen LogP contribution in [0.1, 0.15) is 94.6 Å². The van der Waals surface area contributed by atoms with Gasteiger partial charge in [-0.1, -0.05) is 80.6 Å². The van der Waals surface area contributed by atoms with Crippen LogP contribution in [0.2, 0.25) is 0 Å². The van der Waals surface area contributed by atoms with Crippen LogP contribution in [0.25, 0.3) is 0 Å². The SMILES string of the molecule is CCCCCCCC(=O)Oc1ccc(CO[P+]([O-])(OCc2ccc(OC(=O)CCCC)cc2)OP(=O)(O)OC[C@@H]2C=C[C@H](n3cc(C)c([O-])nc3=O)O2)cc1. The number of benzene rings is 2. The molecule has 1 aromatic heterocycles. The summed E-state index contributed by atoms with van der Waals surface area (Å²) < 4.78 is 51.6. The summed E-state index contributed by atoms with van der Waals surface area (Å²) in [6, 6.07) is 12.3. The van der Waals surface area contributed by atoms with E-state index in [4.69, 9.17) is 32.1 Å². The lowest BCUT2D eigenvalue weighted by Crippen LogP contribution is -2.29. The van der Waals surface area contributed by atoms with Crippen LogP contribution in [-0.2, 0) is 50.0 Å². The third-order valence-electron chi connectivity index (χ3n) is 8.08. The second-order valence-corrected chi connectivity index (χ2v) is 16.0. The second kappa shape index (κ2) is 21.5. The molecule has 0 saturated heterocycles. The normalized spacial score (nSPS) is 17.4. The van der Waals surface area contributed by atoms with Crippen LogP contribution in [0.4, 0.5) is 0 Å². The van der Waals surface area contributed by atoms with Crippen LogP contribution in [0.5, 0.6) is 17.4 Å². The maximum atomic E-state index is 13.9. The van der Waals surface area contributed by atoms with Crippen molar-refractivity contribution in [2.24, 2.45) is 0 Å². The topological polar surface area (TPSA) is 217 Å². The number of unbranched alkanes of at least 4 members (excludes halogenated alkanes) is 5. The van der Waals surface area contributed by atoms with Crippen molar-refractivity contribution in [2.45, 2.75) is 104 Å². The van der Waals surface area contributed by atoms with Gasteiger partial charge in [0.2, 0.25) is 0 Å². The molecule has 0 bridgehead atoms. The highest BCUT2D eigenvalue weighted by Gasteiger charge is 2.44. The molecule has 55 heavy (non-hydrogen) atoms. The number of carbonyl (C=O) groups excluding carboxylic acids is 2. The molecule has 0 radical (unpaired) electrons. The molecule has 4 atom stereocenters. The van der Waals surface area contributed by atoms with E-state index >= 15 is 0 Å². The molecule has 1 N–H and O–H groups in total. The van der Waals surface area contributed by atoms with Crippen LogP contribution >= 0.6 is 16.0 Å². The summed E-state index contributed by atoms with van der Waals surface area (Å²) >= 11 is 0. The molecule has 2 aromatic carbocycles. The lowest BCUT2D eigenvalue weighted by molar-refractivity contribution is -0.276. The first-order chi connectivity index (χ1) is 26.3. The van der Waals surface area contributed by atoms with E-state index in [1.165, 1.54) is 49.5 Å². The third-order valence-corrected chi connectivity index (χ3v) is 11.1. The number of rotatable bonds is 23. The number of aromatic nitrogens is 2. The average molecular weight is 806 g/mol. The van der Waals surface area contributed by atoms with Gasteiger partial charge in [0, 0.05) is 19.0 Å². The fraction of sp³-hybridized carbons (Fsp3) is 0.459. The van der Waals surface area contributed by atoms with Crippen molar-refractivity contribution in [3.05, 3.63) is 94.1 Å². The van der Waals surface area contributed by atoms with E-state index < -0.39 is 59.7 Å². The number of nitrogens with zero attached hydrogens (tertiary/aromatic N) is 2. The lowest BCUT2D eigenvalue weighted by Gasteiger charge is -2.26.